The molecule has 17 heavy (non-hydrogen) atoms. The molecule has 0 aliphatic carbocycles. The van der Waals surface area contributed by atoms with Gasteiger partial charge in [-0.25, -0.2) is 0 Å². The van der Waals surface area contributed by atoms with Crippen molar-refractivity contribution in [3.05, 3.63) is 23.8 Å². The molecule has 0 saturated carbocycles. The molecule has 1 aliphatic heterocycles. The van der Waals surface area contributed by atoms with Gasteiger partial charge in [0.15, 0.2) is 0 Å². The van der Waals surface area contributed by atoms with Crippen molar-refractivity contribution in [3.8, 4) is 11.5 Å². The number of phenols is 1. The highest BCUT2D eigenvalue weighted by Gasteiger charge is 2.30. The molecule has 0 spiro atoms. The molecule has 0 aromatic heterocycles. The maximum atomic E-state index is 9.93. The molecule has 1 unspecified atom stereocenters. The van der Waals surface area contributed by atoms with Crippen LogP contribution in [-0.2, 0) is 4.65 Å². The molecule has 1 aromatic rings. The summed E-state index contributed by atoms with van der Waals surface area (Å²) in [5.74, 6) is 0.751. The lowest BCUT2D eigenvalue weighted by molar-refractivity contribution is 0.243. The Labute approximate surface area is 101 Å². The quantitative estimate of drug-likeness (QED) is 0.750. The molecule has 1 atom stereocenters. The van der Waals surface area contributed by atoms with E-state index in [0.717, 1.165) is 11.0 Å². The molecular weight excluding hydrogens is 217 g/mol. The van der Waals surface area contributed by atoms with E-state index in [2.05, 4.69) is 6.58 Å². The number of hydrogen-bond acceptors (Lipinski definition) is 4. The van der Waals surface area contributed by atoms with E-state index < -0.39 is 0 Å². The molecule has 3 N–H and O–H groups in total. The van der Waals surface area contributed by atoms with Crippen molar-refractivity contribution in [1.82, 2.24) is 0 Å². The molecule has 4 nitrogen and oxygen atoms in total. The van der Waals surface area contributed by atoms with E-state index in [0.29, 0.717) is 24.5 Å². The zero-order chi connectivity index (χ0) is 12.4. The van der Waals surface area contributed by atoms with Crippen LogP contribution in [0, 0.1) is 0 Å². The van der Waals surface area contributed by atoms with E-state index in [9.17, 15) is 5.11 Å². The minimum Gasteiger partial charge on any atom is -0.507 e. The minimum absolute atomic E-state index is 0.138. The normalized spacial score (nSPS) is 17.4. The van der Waals surface area contributed by atoms with Crippen LogP contribution in [0.25, 0.3) is 6.08 Å². The number of nitrogens with two attached hydrogens (primary N) is 1. The first kappa shape index (κ1) is 12.0. The number of phenolic OH excluding ortho intramolecular Hbond substituents is 1. The summed E-state index contributed by atoms with van der Waals surface area (Å²) in [6.07, 6.45) is 1.36. The Morgan fingerprint density at radius 3 is 3.06 bits per heavy atom. The lowest BCUT2D eigenvalue weighted by atomic mass is 9.83. The largest absolute Gasteiger partial charge is 0.507 e. The molecule has 0 fully saturated rings. The van der Waals surface area contributed by atoms with Crippen molar-refractivity contribution >= 4 is 19.0 Å². The molecular formula is C12H15BNO3. The lowest BCUT2D eigenvalue weighted by Gasteiger charge is -2.16. The van der Waals surface area contributed by atoms with Gasteiger partial charge in [-0.2, -0.15) is 0 Å². The van der Waals surface area contributed by atoms with E-state index in [1.165, 1.54) is 0 Å². The highest BCUT2D eigenvalue weighted by Crippen LogP contribution is 2.34. The molecule has 0 bridgehead atoms. The summed E-state index contributed by atoms with van der Waals surface area (Å²) in [5, 5.41) is 9.93. The van der Waals surface area contributed by atoms with Crippen LogP contribution in [0.5, 0.6) is 11.5 Å². The first-order chi connectivity index (χ1) is 8.22. The number of aromatic hydroxyl groups is 1. The Morgan fingerprint density at radius 1 is 1.71 bits per heavy atom. The van der Waals surface area contributed by atoms with E-state index in [4.69, 9.17) is 15.1 Å². The Balaban J connectivity index is 2.60. The Kier molecular flexibility index (Phi) is 3.40. The summed E-state index contributed by atoms with van der Waals surface area (Å²) in [4.78, 5) is 0. The van der Waals surface area contributed by atoms with Gasteiger partial charge in [-0.05, 0) is 17.9 Å². The summed E-state index contributed by atoms with van der Waals surface area (Å²) in [5.41, 5.74) is 8.00. The lowest BCUT2D eigenvalue weighted by Crippen LogP contribution is -2.18. The van der Waals surface area contributed by atoms with Gasteiger partial charge in [0, 0.05) is 18.2 Å². The van der Waals surface area contributed by atoms with Gasteiger partial charge < -0.3 is 20.2 Å². The second-order valence-electron chi connectivity index (χ2n) is 3.75. The monoisotopic (exact) mass is 232 g/mol. The molecule has 89 valence electrons. The average Bonchev–Trinajstić information content (AvgIpc) is 2.73. The predicted molar refractivity (Wildman–Crippen MR) is 67.6 cm³/mol. The van der Waals surface area contributed by atoms with Crippen LogP contribution in [0.15, 0.2) is 12.6 Å². The van der Waals surface area contributed by atoms with Crippen molar-refractivity contribution in [2.75, 3.05) is 13.2 Å². The van der Waals surface area contributed by atoms with Crippen molar-refractivity contribution in [2.24, 2.45) is 5.73 Å². The van der Waals surface area contributed by atoms with Crippen LogP contribution in [-0.4, -0.2) is 25.7 Å². The van der Waals surface area contributed by atoms with Crippen LogP contribution in [0.1, 0.15) is 24.2 Å². The fourth-order valence-corrected chi connectivity index (χ4v) is 2.04. The van der Waals surface area contributed by atoms with Crippen molar-refractivity contribution in [2.45, 2.75) is 13.0 Å². The number of ether oxygens (including phenoxy) is 1. The topological polar surface area (TPSA) is 64.7 Å². The third kappa shape index (κ3) is 1.92. The molecule has 0 saturated heterocycles. The number of rotatable bonds is 4. The molecule has 5 heteroatoms. The van der Waals surface area contributed by atoms with E-state index in [1.54, 1.807) is 19.6 Å². The molecule has 1 heterocycles. The number of benzene rings is 1. The minimum atomic E-state index is -0.246. The van der Waals surface area contributed by atoms with Crippen LogP contribution < -0.4 is 15.9 Å². The highest BCUT2D eigenvalue weighted by molar-refractivity contribution is 6.50. The van der Waals surface area contributed by atoms with Gasteiger partial charge in [0.1, 0.15) is 11.5 Å². The first-order valence-corrected chi connectivity index (χ1v) is 5.56. The maximum Gasteiger partial charge on any atom is 0.335 e. The summed E-state index contributed by atoms with van der Waals surface area (Å²) in [6, 6.07) is 1.58. The average molecular weight is 232 g/mol. The summed E-state index contributed by atoms with van der Waals surface area (Å²) in [7, 11) is 1.63. The number of fused-ring (bicyclic) bond motifs is 1. The second-order valence-corrected chi connectivity index (χ2v) is 3.75. The fraction of sp³-hybridized carbons (Fsp3) is 0.333. The molecule has 0 amide bonds. The van der Waals surface area contributed by atoms with Crippen LogP contribution in [0.2, 0.25) is 0 Å². The van der Waals surface area contributed by atoms with Crippen molar-refractivity contribution < 1.29 is 14.5 Å². The molecule has 1 radical (unpaired) electrons. The van der Waals surface area contributed by atoms with E-state index in [1.807, 2.05) is 6.92 Å². The summed E-state index contributed by atoms with van der Waals surface area (Å²) in [6.45, 7) is 6.47. The van der Waals surface area contributed by atoms with Crippen LogP contribution in [0.4, 0.5) is 0 Å². The van der Waals surface area contributed by atoms with Gasteiger partial charge in [-0.15, -0.1) is 0 Å². The van der Waals surface area contributed by atoms with Gasteiger partial charge in [0.25, 0.3) is 0 Å². The second kappa shape index (κ2) is 4.81. The van der Waals surface area contributed by atoms with Gasteiger partial charge in [0.05, 0.1) is 12.7 Å². The Hall–Kier alpha value is -1.46. The Bertz CT molecular complexity index is 448. The molecule has 1 aromatic carbocycles. The zero-order valence-electron chi connectivity index (χ0n) is 9.77. The third-order valence-electron chi connectivity index (χ3n) is 2.78. The predicted octanol–water partition coefficient (Wildman–Crippen LogP) is 0.708. The van der Waals surface area contributed by atoms with Crippen molar-refractivity contribution in [1.29, 1.82) is 0 Å². The van der Waals surface area contributed by atoms with Gasteiger partial charge >= 0.3 is 7.48 Å². The molecule has 2 rings (SSSR count). The van der Waals surface area contributed by atoms with Crippen LogP contribution >= 0.6 is 0 Å². The fourth-order valence-electron chi connectivity index (χ4n) is 2.04. The third-order valence-corrected chi connectivity index (χ3v) is 2.78. The van der Waals surface area contributed by atoms with Crippen molar-refractivity contribution in [3.63, 3.8) is 0 Å². The van der Waals surface area contributed by atoms with Gasteiger partial charge in [-0.1, -0.05) is 12.7 Å². The number of hydrogen-bond donors (Lipinski definition) is 2. The summed E-state index contributed by atoms with van der Waals surface area (Å²) >= 11 is 0. The smallest absolute Gasteiger partial charge is 0.335 e. The van der Waals surface area contributed by atoms with Crippen LogP contribution in [0.3, 0.4) is 0 Å². The zero-order valence-corrected chi connectivity index (χ0v) is 9.77. The van der Waals surface area contributed by atoms with E-state index >= 15 is 0 Å². The van der Waals surface area contributed by atoms with E-state index in [-0.39, 0.29) is 11.9 Å². The maximum absolute atomic E-state index is 9.93. The SMILES string of the molecule is C=Cc1c(O)cc(OCC)c2c1C(CN)O[B]2. The van der Waals surface area contributed by atoms with Gasteiger partial charge in [-0.3, -0.25) is 0 Å². The highest BCUT2D eigenvalue weighted by atomic mass is 16.5. The standard InChI is InChI=1S/C12H15BNO3/c1-3-7-8(15)5-9(16-4-2)12-11(7)10(6-14)17-13-12/h3,5,10,15H,1,4,6,14H2,2H3. The first-order valence-electron chi connectivity index (χ1n) is 5.56. The van der Waals surface area contributed by atoms with Gasteiger partial charge in [0.2, 0.25) is 0 Å². The summed E-state index contributed by atoms with van der Waals surface area (Å²) < 4.78 is 10.9. The Morgan fingerprint density at radius 2 is 2.47 bits per heavy atom. The molecule has 1 aliphatic rings.